The highest BCUT2D eigenvalue weighted by molar-refractivity contribution is 5.87. The number of hydrogen-bond acceptors (Lipinski definition) is 2. The molecule has 0 heterocycles. The zero-order valence-corrected chi connectivity index (χ0v) is 18.2. The molecule has 0 aromatic heterocycles. The Kier molecular flexibility index (Phi) is 5.81. The van der Waals surface area contributed by atoms with Gasteiger partial charge in [0.1, 0.15) is 5.75 Å². The summed E-state index contributed by atoms with van der Waals surface area (Å²) in [4.78, 5) is 5.06. The van der Waals surface area contributed by atoms with Gasteiger partial charge < -0.3 is 5.11 Å². The summed E-state index contributed by atoms with van der Waals surface area (Å²) in [6.45, 7) is 6.41. The van der Waals surface area contributed by atoms with E-state index in [9.17, 15) is 5.11 Å². The van der Waals surface area contributed by atoms with Crippen LogP contribution in [0.15, 0.2) is 41.4 Å². The number of benzene rings is 2. The Hall–Kier alpha value is -2.09. The van der Waals surface area contributed by atoms with Crippen LogP contribution in [0.1, 0.15) is 106 Å². The van der Waals surface area contributed by atoms with E-state index < -0.39 is 0 Å². The maximum atomic E-state index is 10.9. The monoisotopic (exact) mass is 389 g/mol. The minimum absolute atomic E-state index is 0.0926. The van der Waals surface area contributed by atoms with Crippen molar-refractivity contribution in [2.75, 3.05) is 0 Å². The summed E-state index contributed by atoms with van der Waals surface area (Å²) in [6, 6.07) is 12.9. The molecule has 154 valence electrons. The van der Waals surface area contributed by atoms with Gasteiger partial charge >= 0.3 is 0 Å². The summed E-state index contributed by atoms with van der Waals surface area (Å²) in [7, 11) is 0. The van der Waals surface area contributed by atoms with Crippen LogP contribution in [0, 0.1) is 0 Å². The van der Waals surface area contributed by atoms with Gasteiger partial charge in [-0.3, -0.25) is 4.99 Å². The Morgan fingerprint density at radius 2 is 1.34 bits per heavy atom. The Balaban J connectivity index is 1.76. The van der Waals surface area contributed by atoms with E-state index in [2.05, 4.69) is 39.0 Å². The van der Waals surface area contributed by atoms with E-state index in [0.717, 1.165) is 11.1 Å². The van der Waals surface area contributed by atoms with Gasteiger partial charge in [-0.15, -0.1) is 0 Å². The third kappa shape index (κ3) is 4.27. The number of phenolic OH excluding ortho intramolecular Hbond substituents is 1. The van der Waals surface area contributed by atoms with Crippen LogP contribution in [0.3, 0.4) is 0 Å². The fourth-order valence-corrected chi connectivity index (χ4v) is 5.27. The Morgan fingerprint density at radius 3 is 1.86 bits per heavy atom. The molecule has 2 nitrogen and oxygen atoms in total. The quantitative estimate of drug-likeness (QED) is 0.532. The minimum atomic E-state index is -0.0926. The van der Waals surface area contributed by atoms with Crippen LogP contribution in [0.4, 0.5) is 5.69 Å². The van der Waals surface area contributed by atoms with Crippen LogP contribution in [-0.2, 0) is 5.41 Å². The van der Waals surface area contributed by atoms with Crippen LogP contribution in [0.25, 0.3) is 0 Å². The lowest BCUT2D eigenvalue weighted by molar-refractivity contribution is 0.446. The Morgan fingerprint density at radius 1 is 0.828 bits per heavy atom. The first kappa shape index (κ1) is 20.2. The molecule has 2 aromatic carbocycles. The van der Waals surface area contributed by atoms with Crippen molar-refractivity contribution in [3.63, 3.8) is 0 Å². The van der Waals surface area contributed by atoms with Crippen molar-refractivity contribution in [1.82, 2.24) is 0 Å². The van der Waals surface area contributed by atoms with Gasteiger partial charge in [0.15, 0.2) is 0 Å². The molecule has 2 aliphatic carbocycles. The number of nitrogens with zero attached hydrogens (tertiary/aromatic N) is 1. The smallest absolute Gasteiger partial charge is 0.128 e. The fourth-order valence-electron chi connectivity index (χ4n) is 5.27. The van der Waals surface area contributed by atoms with Gasteiger partial charge in [-0.2, -0.15) is 0 Å². The molecule has 0 saturated heterocycles. The Bertz CT molecular complexity index is 844. The van der Waals surface area contributed by atoms with Crippen molar-refractivity contribution in [2.45, 2.75) is 89.4 Å². The summed E-state index contributed by atoms with van der Waals surface area (Å²) in [5.74, 6) is 1.64. The average Bonchev–Trinajstić information content (AvgIpc) is 3.40. The summed E-state index contributed by atoms with van der Waals surface area (Å²) in [5.41, 5.74) is 5.73. The van der Waals surface area contributed by atoms with Gasteiger partial charge in [-0.25, -0.2) is 0 Å². The zero-order chi connectivity index (χ0) is 20.4. The van der Waals surface area contributed by atoms with E-state index in [1.807, 2.05) is 24.4 Å². The molecule has 0 amide bonds. The van der Waals surface area contributed by atoms with Crippen LogP contribution in [0.5, 0.6) is 5.75 Å². The lowest BCUT2D eigenvalue weighted by Gasteiger charge is -2.21. The van der Waals surface area contributed by atoms with Gasteiger partial charge in [-0.1, -0.05) is 76.8 Å². The molecule has 0 radical (unpaired) electrons. The molecular weight excluding hydrogens is 354 g/mol. The molecule has 2 aliphatic rings. The van der Waals surface area contributed by atoms with E-state index in [0.29, 0.717) is 17.6 Å². The summed E-state index contributed by atoms with van der Waals surface area (Å²) in [5, 5.41) is 10.9. The van der Waals surface area contributed by atoms with Gasteiger partial charge in [0.25, 0.3) is 0 Å². The van der Waals surface area contributed by atoms with E-state index in [1.165, 1.54) is 68.2 Å². The van der Waals surface area contributed by atoms with Gasteiger partial charge in [-0.05, 0) is 65.7 Å². The maximum absolute atomic E-state index is 10.9. The predicted molar refractivity (Wildman–Crippen MR) is 123 cm³/mol. The molecule has 2 heteroatoms. The fraction of sp³-hybridized carbons (Fsp3) is 0.519. The number of phenols is 1. The van der Waals surface area contributed by atoms with Crippen molar-refractivity contribution >= 4 is 11.9 Å². The molecule has 0 bridgehead atoms. The van der Waals surface area contributed by atoms with Crippen LogP contribution in [-0.4, -0.2) is 11.3 Å². The highest BCUT2D eigenvalue weighted by Crippen LogP contribution is 2.45. The molecule has 1 N–H and O–H groups in total. The molecule has 2 saturated carbocycles. The molecule has 0 spiro atoms. The van der Waals surface area contributed by atoms with E-state index in [4.69, 9.17) is 4.99 Å². The van der Waals surface area contributed by atoms with Crippen LogP contribution < -0.4 is 0 Å². The highest BCUT2D eigenvalue weighted by atomic mass is 16.3. The predicted octanol–water partition coefficient (Wildman–Crippen LogP) is 7.76. The lowest BCUT2D eigenvalue weighted by Crippen LogP contribution is -2.11. The molecule has 4 rings (SSSR count). The summed E-state index contributed by atoms with van der Waals surface area (Å²) in [6.07, 6.45) is 12.3. The molecule has 0 unspecified atom stereocenters. The molecule has 2 aromatic rings. The van der Waals surface area contributed by atoms with E-state index in [-0.39, 0.29) is 5.41 Å². The second-order valence-electron chi connectivity index (χ2n) is 10.00. The second-order valence-corrected chi connectivity index (χ2v) is 10.00. The normalized spacial score (nSPS) is 18.9. The highest BCUT2D eigenvalue weighted by Gasteiger charge is 2.26. The maximum Gasteiger partial charge on any atom is 0.128 e. The number of aliphatic imine (C=N–C) groups is 1. The SMILES string of the molecule is CC(C)(C)c1cccc(C=Nc2c(C3CCCC3)cccc2C2CCCC2)c1O. The molecule has 0 atom stereocenters. The molecule has 29 heavy (non-hydrogen) atoms. The first-order valence-electron chi connectivity index (χ1n) is 11.4. The number of rotatable bonds is 4. The van der Waals surface area contributed by atoms with Crippen molar-refractivity contribution in [2.24, 2.45) is 4.99 Å². The second kappa shape index (κ2) is 8.34. The first-order chi connectivity index (χ1) is 13.9. The molecular formula is C27H35NO. The van der Waals surface area contributed by atoms with Crippen molar-refractivity contribution in [1.29, 1.82) is 0 Å². The number of aromatic hydroxyl groups is 1. The average molecular weight is 390 g/mol. The van der Waals surface area contributed by atoms with Crippen molar-refractivity contribution in [3.8, 4) is 5.75 Å². The van der Waals surface area contributed by atoms with Crippen molar-refractivity contribution in [3.05, 3.63) is 58.7 Å². The topological polar surface area (TPSA) is 32.6 Å². The van der Waals surface area contributed by atoms with Gasteiger partial charge in [0, 0.05) is 11.8 Å². The molecule has 2 fully saturated rings. The third-order valence-corrected chi connectivity index (χ3v) is 6.90. The van der Waals surface area contributed by atoms with E-state index in [1.54, 1.807) is 0 Å². The zero-order valence-electron chi connectivity index (χ0n) is 18.2. The Labute approximate surface area is 176 Å². The standard InChI is InChI=1S/C27H35NO/c1-27(2,3)24-17-8-14-21(26(24)29)18-28-25-22(19-10-4-5-11-19)15-9-16-23(25)20-12-6-7-13-20/h8-9,14-20,29H,4-7,10-13H2,1-3H3. The van der Waals surface area contributed by atoms with Crippen molar-refractivity contribution < 1.29 is 5.11 Å². The van der Waals surface area contributed by atoms with Gasteiger partial charge in [0.2, 0.25) is 0 Å². The van der Waals surface area contributed by atoms with E-state index >= 15 is 0 Å². The summed E-state index contributed by atoms with van der Waals surface area (Å²) < 4.78 is 0. The first-order valence-corrected chi connectivity index (χ1v) is 11.4. The molecule has 0 aliphatic heterocycles. The largest absolute Gasteiger partial charge is 0.507 e. The van der Waals surface area contributed by atoms with Crippen LogP contribution in [0.2, 0.25) is 0 Å². The minimum Gasteiger partial charge on any atom is -0.507 e. The number of para-hydroxylation sites is 2. The lowest BCUT2D eigenvalue weighted by atomic mass is 9.85. The number of hydrogen-bond donors (Lipinski definition) is 1. The third-order valence-electron chi connectivity index (χ3n) is 6.90. The summed E-state index contributed by atoms with van der Waals surface area (Å²) >= 11 is 0. The van der Waals surface area contributed by atoms with Gasteiger partial charge in [0.05, 0.1) is 5.69 Å². The van der Waals surface area contributed by atoms with Crippen LogP contribution >= 0.6 is 0 Å².